The zero-order valence-corrected chi connectivity index (χ0v) is 11.3. The van der Waals surface area contributed by atoms with E-state index in [0.29, 0.717) is 24.7 Å². The van der Waals surface area contributed by atoms with Crippen molar-refractivity contribution in [2.45, 2.75) is 6.29 Å². The number of benzene rings is 2. The molecule has 21 heavy (non-hydrogen) atoms. The van der Waals surface area contributed by atoms with E-state index in [-0.39, 0.29) is 6.29 Å². The van der Waals surface area contributed by atoms with Crippen molar-refractivity contribution in [1.82, 2.24) is 0 Å². The molecule has 1 fully saturated rings. The maximum atomic E-state index is 11.7. The monoisotopic (exact) mass is 285 g/mol. The molecule has 1 saturated heterocycles. The van der Waals surface area contributed by atoms with Crippen molar-refractivity contribution in [1.29, 1.82) is 0 Å². The van der Waals surface area contributed by atoms with Crippen molar-refractivity contribution in [2.75, 3.05) is 18.5 Å². The van der Waals surface area contributed by atoms with Crippen LogP contribution in [-0.2, 0) is 9.47 Å². The third-order valence-corrected chi connectivity index (χ3v) is 3.00. The third kappa shape index (κ3) is 3.59. The quantitative estimate of drug-likeness (QED) is 0.939. The fourth-order valence-corrected chi connectivity index (χ4v) is 2.01. The molecule has 108 valence electrons. The second-order valence-corrected chi connectivity index (χ2v) is 4.52. The van der Waals surface area contributed by atoms with Gasteiger partial charge in [0.2, 0.25) is 0 Å². The molecule has 0 aromatic heterocycles. The number of nitrogens with one attached hydrogen (secondary N) is 1. The van der Waals surface area contributed by atoms with Crippen LogP contribution in [0.1, 0.15) is 11.9 Å². The van der Waals surface area contributed by atoms with Crippen LogP contribution in [0.25, 0.3) is 0 Å². The summed E-state index contributed by atoms with van der Waals surface area (Å²) in [4.78, 5) is 11.7. The highest BCUT2D eigenvalue weighted by Gasteiger charge is 2.17. The van der Waals surface area contributed by atoms with Gasteiger partial charge in [0.15, 0.2) is 6.29 Å². The summed E-state index contributed by atoms with van der Waals surface area (Å²) < 4.78 is 16.0. The van der Waals surface area contributed by atoms with Crippen LogP contribution in [0.2, 0.25) is 0 Å². The fourth-order valence-electron chi connectivity index (χ4n) is 2.01. The number of ether oxygens (including phenoxy) is 3. The summed E-state index contributed by atoms with van der Waals surface area (Å²) in [6.45, 7) is 1.21. The van der Waals surface area contributed by atoms with Gasteiger partial charge < -0.3 is 14.2 Å². The van der Waals surface area contributed by atoms with Gasteiger partial charge >= 0.3 is 6.09 Å². The van der Waals surface area contributed by atoms with Gasteiger partial charge in [-0.25, -0.2) is 4.79 Å². The highest BCUT2D eigenvalue weighted by Crippen LogP contribution is 2.24. The van der Waals surface area contributed by atoms with Crippen LogP contribution < -0.4 is 10.1 Å². The third-order valence-electron chi connectivity index (χ3n) is 3.00. The number of para-hydroxylation sites is 1. The van der Waals surface area contributed by atoms with Crippen LogP contribution in [0.3, 0.4) is 0 Å². The Labute approximate surface area is 122 Å². The lowest BCUT2D eigenvalue weighted by atomic mass is 10.2. The first-order chi connectivity index (χ1) is 10.3. The van der Waals surface area contributed by atoms with E-state index in [1.54, 1.807) is 36.4 Å². The Morgan fingerprint density at radius 3 is 2.33 bits per heavy atom. The smallest absolute Gasteiger partial charge is 0.410 e. The zero-order valence-electron chi connectivity index (χ0n) is 11.3. The molecule has 1 N–H and O–H groups in total. The number of hydrogen-bond donors (Lipinski definition) is 1. The van der Waals surface area contributed by atoms with Crippen molar-refractivity contribution < 1.29 is 19.0 Å². The molecule has 1 heterocycles. The summed E-state index contributed by atoms with van der Waals surface area (Å²) in [7, 11) is 0. The zero-order chi connectivity index (χ0) is 14.5. The summed E-state index contributed by atoms with van der Waals surface area (Å²) in [6, 6.07) is 16.2. The lowest BCUT2D eigenvalue weighted by Gasteiger charge is -2.10. The highest BCUT2D eigenvalue weighted by atomic mass is 16.7. The lowest BCUT2D eigenvalue weighted by molar-refractivity contribution is -0.0441. The maximum Gasteiger partial charge on any atom is 0.417 e. The molecule has 5 heteroatoms. The molecule has 0 atom stereocenters. The Morgan fingerprint density at radius 2 is 1.67 bits per heavy atom. The van der Waals surface area contributed by atoms with E-state index in [2.05, 4.69) is 5.32 Å². The van der Waals surface area contributed by atoms with Gasteiger partial charge in [0.25, 0.3) is 0 Å². The predicted octanol–water partition coefficient (Wildman–Crippen LogP) is 3.34. The Balaban J connectivity index is 1.58. The minimum atomic E-state index is -0.526. The van der Waals surface area contributed by atoms with Gasteiger partial charge in [-0.05, 0) is 24.3 Å². The summed E-state index contributed by atoms with van der Waals surface area (Å²) >= 11 is 0. The van der Waals surface area contributed by atoms with E-state index in [4.69, 9.17) is 14.2 Å². The second kappa shape index (κ2) is 6.39. The molecule has 2 aromatic carbocycles. The van der Waals surface area contributed by atoms with E-state index in [0.717, 1.165) is 5.56 Å². The van der Waals surface area contributed by atoms with Gasteiger partial charge in [-0.1, -0.05) is 30.3 Å². The number of hydrogen-bond acceptors (Lipinski definition) is 4. The van der Waals surface area contributed by atoms with Crippen molar-refractivity contribution in [3.05, 3.63) is 60.2 Å². The van der Waals surface area contributed by atoms with Gasteiger partial charge in [0.1, 0.15) is 5.75 Å². The average Bonchev–Trinajstić information content (AvgIpc) is 3.03. The normalized spacial score (nSPS) is 14.9. The molecule has 1 aliphatic rings. The molecule has 2 aromatic rings. The molecule has 1 amide bonds. The summed E-state index contributed by atoms with van der Waals surface area (Å²) in [5.41, 5.74) is 1.58. The van der Waals surface area contributed by atoms with E-state index < -0.39 is 6.09 Å². The Kier molecular flexibility index (Phi) is 4.14. The minimum Gasteiger partial charge on any atom is -0.410 e. The maximum absolute atomic E-state index is 11.7. The van der Waals surface area contributed by atoms with Crippen LogP contribution in [0.4, 0.5) is 10.5 Å². The van der Waals surface area contributed by atoms with E-state index in [9.17, 15) is 4.79 Å². The average molecular weight is 285 g/mol. The molecule has 1 aliphatic heterocycles. The molecule has 0 saturated carbocycles. The van der Waals surface area contributed by atoms with Crippen molar-refractivity contribution in [3.63, 3.8) is 0 Å². The molecule has 0 bridgehead atoms. The molecule has 5 nitrogen and oxygen atoms in total. The molecule has 0 unspecified atom stereocenters. The predicted molar refractivity (Wildman–Crippen MR) is 77.2 cm³/mol. The molecular weight excluding hydrogens is 270 g/mol. The van der Waals surface area contributed by atoms with E-state index >= 15 is 0 Å². The summed E-state index contributed by atoms with van der Waals surface area (Å²) in [5.74, 6) is 0.499. The van der Waals surface area contributed by atoms with E-state index in [1.165, 1.54) is 0 Å². The number of carbonyl (C=O) groups excluding carboxylic acids is 1. The van der Waals surface area contributed by atoms with Gasteiger partial charge in [0, 0.05) is 11.3 Å². The lowest BCUT2D eigenvalue weighted by Crippen LogP contribution is -2.16. The van der Waals surface area contributed by atoms with Crippen molar-refractivity contribution in [2.24, 2.45) is 0 Å². The number of anilines is 1. The Bertz CT molecular complexity index is 591. The number of rotatable bonds is 3. The fraction of sp³-hybridized carbons (Fsp3) is 0.188. The largest absolute Gasteiger partial charge is 0.417 e. The minimum absolute atomic E-state index is 0.310. The molecule has 0 spiro atoms. The Hall–Kier alpha value is -2.37. The SMILES string of the molecule is O=C(Nc1ccc(C2OCCO2)cc1)Oc1ccccc1. The van der Waals surface area contributed by atoms with Crippen LogP contribution in [0, 0.1) is 0 Å². The first kappa shape index (κ1) is 13.6. The summed E-state index contributed by atoms with van der Waals surface area (Å²) in [5, 5.41) is 2.67. The van der Waals surface area contributed by atoms with Gasteiger partial charge in [0.05, 0.1) is 13.2 Å². The second-order valence-electron chi connectivity index (χ2n) is 4.52. The number of amides is 1. The van der Waals surface area contributed by atoms with E-state index in [1.807, 2.05) is 18.2 Å². The first-order valence-corrected chi connectivity index (χ1v) is 6.68. The van der Waals surface area contributed by atoms with Gasteiger partial charge in [-0.3, -0.25) is 5.32 Å². The Morgan fingerprint density at radius 1 is 1.00 bits per heavy atom. The molecular formula is C16H15NO4. The molecule has 0 aliphatic carbocycles. The standard InChI is InChI=1S/C16H15NO4/c18-16(21-14-4-2-1-3-5-14)17-13-8-6-12(7-9-13)15-19-10-11-20-15/h1-9,15H,10-11H2,(H,17,18). The molecule has 3 rings (SSSR count). The number of carbonyl (C=O) groups is 1. The van der Waals surface area contributed by atoms with Crippen molar-refractivity contribution >= 4 is 11.8 Å². The first-order valence-electron chi connectivity index (χ1n) is 6.68. The van der Waals surface area contributed by atoms with Crippen LogP contribution in [0.15, 0.2) is 54.6 Å². The van der Waals surface area contributed by atoms with Crippen LogP contribution in [0.5, 0.6) is 5.75 Å². The van der Waals surface area contributed by atoms with Crippen LogP contribution in [-0.4, -0.2) is 19.3 Å². The molecule has 0 radical (unpaired) electrons. The summed E-state index contributed by atoms with van der Waals surface area (Å²) in [6.07, 6.45) is -0.836. The topological polar surface area (TPSA) is 56.8 Å². The van der Waals surface area contributed by atoms with Gasteiger partial charge in [-0.2, -0.15) is 0 Å². The highest BCUT2D eigenvalue weighted by molar-refractivity contribution is 5.86. The van der Waals surface area contributed by atoms with Gasteiger partial charge in [-0.15, -0.1) is 0 Å². The van der Waals surface area contributed by atoms with Crippen LogP contribution >= 0.6 is 0 Å². The van der Waals surface area contributed by atoms with Crippen molar-refractivity contribution in [3.8, 4) is 5.75 Å².